The highest BCUT2D eigenvalue weighted by Gasteiger charge is 2.22. The van der Waals surface area contributed by atoms with Crippen molar-refractivity contribution in [3.8, 4) is 11.8 Å². The lowest BCUT2D eigenvalue weighted by Gasteiger charge is -2.23. The Bertz CT molecular complexity index is 1620. The molecule has 3 N–H and O–H groups in total. The Labute approximate surface area is 220 Å². The van der Waals surface area contributed by atoms with Gasteiger partial charge in [0.05, 0.1) is 27.6 Å². The summed E-state index contributed by atoms with van der Waals surface area (Å²) in [6.07, 6.45) is 3.26. The van der Waals surface area contributed by atoms with Gasteiger partial charge in [-0.25, -0.2) is 17.5 Å². The smallest absolute Gasteiger partial charge is 0.252 e. The van der Waals surface area contributed by atoms with Gasteiger partial charge in [-0.05, 0) is 86.1 Å². The van der Waals surface area contributed by atoms with Gasteiger partial charge in [-0.3, -0.25) is 4.79 Å². The molecule has 3 aromatic carbocycles. The topological polar surface area (TPSA) is 116 Å². The van der Waals surface area contributed by atoms with E-state index in [1.165, 1.54) is 30.3 Å². The van der Waals surface area contributed by atoms with E-state index in [1.807, 2.05) is 0 Å². The number of halogens is 1. The molecule has 0 spiro atoms. The van der Waals surface area contributed by atoms with Crippen molar-refractivity contribution in [2.45, 2.75) is 30.3 Å². The lowest BCUT2D eigenvalue weighted by molar-refractivity contribution is 0.0952. The van der Waals surface area contributed by atoms with Crippen LogP contribution in [0.2, 0.25) is 0 Å². The van der Waals surface area contributed by atoms with Crippen LogP contribution in [0.5, 0.6) is 0 Å². The Morgan fingerprint density at radius 2 is 1.76 bits per heavy atom. The minimum absolute atomic E-state index is 0.0841. The van der Waals surface area contributed by atoms with Crippen molar-refractivity contribution < 1.29 is 17.6 Å². The summed E-state index contributed by atoms with van der Waals surface area (Å²) in [4.78, 5) is 13.3. The molecule has 0 saturated carbocycles. The molecule has 0 unspecified atom stereocenters. The number of hydrogen-bond donors (Lipinski definition) is 3. The molecule has 4 aromatic rings. The molecule has 1 fully saturated rings. The summed E-state index contributed by atoms with van der Waals surface area (Å²) in [5, 5.41) is 16.3. The lowest BCUT2D eigenvalue weighted by atomic mass is 10.1. The molecule has 1 aliphatic rings. The van der Waals surface area contributed by atoms with E-state index in [2.05, 4.69) is 21.4 Å². The van der Waals surface area contributed by atoms with Gasteiger partial charge in [0.1, 0.15) is 5.82 Å². The van der Waals surface area contributed by atoms with Crippen LogP contribution in [0.15, 0.2) is 77.8 Å². The predicted molar refractivity (Wildman–Crippen MR) is 142 cm³/mol. The van der Waals surface area contributed by atoms with Crippen LogP contribution in [-0.2, 0) is 16.6 Å². The van der Waals surface area contributed by atoms with E-state index in [0.29, 0.717) is 27.7 Å². The van der Waals surface area contributed by atoms with E-state index in [4.69, 9.17) is 0 Å². The zero-order valence-electron chi connectivity index (χ0n) is 20.4. The number of benzene rings is 3. The van der Waals surface area contributed by atoms with E-state index >= 15 is 0 Å². The number of carbonyl (C=O) groups excluding carboxylic acids is 1. The van der Waals surface area contributed by atoms with Crippen LogP contribution in [-0.4, -0.2) is 38.0 Å². The Kier molecular flexibility index (Phi) is 7.24. The molecule has 10 heteroatoms. The number of hydrogen-bond acceptors (Lipinski definition) is 5. The third-order valence-corrected chi connectivity index (χ3v) is 8.17. The molecule has 8 nitrogen and oxygen atoms in total. The highest BCUT2D eigenvalue weighted by Crippen LogP contribution is 2.26. The third-order valence-electron chi connectivity index (χ3n) is 6.63. The van der Waals surface area contributed by atoms with Crippen molar-refractivity contribution in [3.05, 3.63) is 95.4 Å². The van der Waals surface area contributed by atoms with Crippen LogP contribution in [0.25, 0.3) is 16.6 Å². The second kappa shape index (κ2) is 10.8. The number of carbonyl (C=O) groups is 1. The Morgan fingerprint density at radius 3 is 2.45 bits per heavy atom. The van der Waals surface area contributed by atoms with Gasteiger partial charge >= 0.3 is 0 Å². The van der Waals surface area contributed by atoms with Crippen molar-refractivity contribution in [1.29, 1.82) is 5.26 Å². The first-order valence-corrected chi connectivity index (χ1v) is 13.7. The normalized spacial score (nSPS) is 14.3. The van der Waals surface area contributed by atoms with E-state index < -0.39 is 10.0 Å². The molecular weight excluding hydrogens is 505 g/mol. The van der Waals surface area contributed by atoms with Gasteiger partial charge in [-0.2, -0.15) is 5.26 Å². The average molecular weight is 532 g/mol. The van der Waals surface area contributed by atoms with Crippen LogP contribution in [0, 0.1) is 17.1 Å². The van der Waals surface area contributed by atoms with Gasteiger partial charge in [0.25, 0.3) is 5.91 Å². The van der Waals surface area contributed by atoms with Crippen LogP contribution in [0.1, 0.15) is 34.3 Å². The average Bonchev–Trinajstić information content (AvgIpc) is 3.36. The van der Waals surface area contributed by atoms with Crippen molar-refractivity contribution in [2.75, 3.05) is 13.1 Å². The standard InChI is InChI=1S/C28H26FN5O3S/c29-21-3-5-23(6-4-21)34-14-11-25-26(15-20(17-30)16-27(25)34)28(35)32-18-19-1-7-24(8-2-19)38(36,37)33-22-9-12-31-13-10-22/h1-8,11,14-16,22,31,33H,9-10,12-13,18H2,(H,32,35). The zero-order chi connectivity index (χ0) is 26.7. The van der Waals surface area contributed by atoms with Crippen molar-refractivity contribution in [2.24, 2.45) is 0 Å². The van der Waals surface area contributed by atoms with Gasteiger partial charge in [0.15, 0.2) is 0 Å². The highest BCUT2D eigenvalue weighted by atomic mass is 32.2. The first-order chi connectivity index (χ1) is 18.3. The summed E-state index contributed by atoms with van der Waals surface area (Å²) in [6, 6.07) is 19.4. The van der Waals surface area contributed by atoms with Crippen LogP contribution in [0.4, 0.5) is 4.39 Å². The van der Waals surface area contributed by atoms with Crippen LogP contribution >= 0.6 is 0 Å². The van der Waals surface area contributed by atoms with Gasteiger partial charge in [0.2, 0.25) is 10.0 Å². The summed E-state index contributed by atoms with van der Waals surface area (Å²) in [5.41, 5.74) is 2.74. The molecule has 2 heterocycles. The monoisotopic (exact) mass is 531 g/mol. The number of piperidine rings is 1. The van der Waals surface area contributed by atoms with Crippen molar-refractivity contribution in [1.82, 2.24) is 19.9 Å². The quantitative estimate of drug-likeness (QED) is 0.337. The van der Waals surface area contributed by atoms with E-state index in [0.717, 1.165) is 31.5 Å². The number of fused-ring (bicyclic) bond motifs is 1. The molecule has 1 amide bonds. The second-order valence-corrected chi connectivity index (χ2v) is 10.9. The zero-order valence-corrected chi connectivity index (χ0v) is 21.3. The highest BCUT2D eigenvalue weighted by molar-refractivity contribution is 7.89. The number of aromatic nitrogens is 1. The van der Waals surface area contributed by atoms with Gasteiger partial charge < -0.3 is 15.2 Å². The number of rotatable bonds is 7. The molecule has 0 atom stereocenters. The molecule has 0 radical (unpaired) electrons. The molecule has 1 saturated heterocycles. The maximum atomic E-state index is 13.4. The molecule has 1 aromatic heterocycles. The maximum Gasteiger partial charge on any atom is 0.252 e. The van der Waals surface area contributed by atoms with Gasteiger partial charge in [-0.1, -0.05) is 12.1 Å². The molecule has 1 aliphatic heterocycles. The predicted octanol–water partition coefficient (Wildman–Crippen LogP) is 3.60. The molecule has 5 rings (SSSR count). The molecule has 194 valence electrons. The van der Waals surface area contributed by atoms with E-state index in [9.17, 15) is 22.9 Å². The first kappa shape index (κ1) is 25.6. The number of nitrogens with one attached hydrogen (secondary N) is 3. The molecular formula is C28H26FN5O3S. The van der Waals surface area contributed by atoms with E-state index in [-0.39, 0.29) is 29.2 Å². The summed E-state index contributed by atoms with van der Waals surface area (Å²) >= 11 is 0. The Morgan fingerprint density at radius 1 is 1.05 bits per heavy atom. The Balaban J connectivity index is 1.32. The fourth-order valence-electron chi connectivity index (χ4n) is 4.61. The number of amides is 1. The second-order valence-electron chi connectivity index (χ2n) is 9.20. The van der Waals surface area contributed by atoms with Crippen molar-refractivity contribution >= 4 is 26.8 Å². The number of nitrogens with zero attached hydrogens (tertiary/aromatic N) is 2. The third kappa shape index (κ3) is 5.45. The largest absolute Gasteiger partial charge is 0.348 e. The fraction of sp³-hybridized carbons (Fsp3) is 0.214. The van der Waals surface area contributed by atoms with Crippen LogP contribution < -0.4 is 15.4 Å². The maximum absolute atomic E-state index is 13.4. The summed E-state index contributed by atoms with van der Waals surface area (Å²) in [5.74, 6) is -0.722. The van der Waals surface area contributed by atoms with Crippen molar-refractivity contribution in [3.63, 3.8) is 0 Å². The fourth-order valence-corrected chi connectivity index (χ4v) is 5.92. The SMILES string of the molecule is N#Cc1cc(C(=O)NCc2ccc(S(=O)(=O)NC3CCNCC3)cc2)c2ccn(-c3ccc(F)cc3)c2c1. The minimum atomic E-state index is -3.62. The Hall–Kier alpha value is -4.04. The molecule has 38 heavy (non-hydrogen) atoms. The summed E-state index contributed by atoms with van der Waals surface area (Å²) < 4.78 is 43.4. The van der Waals surface area contributed by atoms with Crippen LogP contribution in [0.3, 0.4) is 0 Å². The number of sulfonamides is 1. The number of nitriles is 1. The molecule has 0 bridgehead atoms. The first-order valence-electron chi connectivity index (χ1n) is 12.3. The lowest BCUT2D eigenvalue weighted by Crippen LogP contribution is -2.42. The van der Waals surface area contributed by atoms with E-state index in [1.54, 1.807) is 47.2 Å². The minimum Gasteiger partial charge on any atom is -0.348 e. The molecule has 0 aliphatic carbocycles. The summed E-state index contributed by atoms with van der Waals surface area (Å²) in [7, 11) is -3.62. The van der Waals surface area contributed by atoms with Gasteiger partial charge in [-0.15, -0.1) is 0 Å². The van der Waals surface area contributed by atoms with Gasteiger partial charge in [0, 0.05) is 29.9 Å². The summed E-state index contributed by atoms with van der Waals surface area (Å²) in [6.45, 7) is 1.75.